The molecule has 1 N–H and O–H groups in total. The summed E-state index contributed by atoms with van der Waals surface area (Å²) in [5.74, 6) is 0.968. The van der Waals surface area contributed by atoms with Gasteiger partial charge in [-0.1, -0.05) is 13.0 Å². The van der Waals surface area contributed by atoms with Gasteiger partial charge in [-0.05, 0) is 60.5 Å². The zero-order valence-corrected chi connectivity index (χ0v) is 21.0. The highest BCUT2D eigenvalue weighted by Crippen LogP contribution is 2.39. The third-order valence-electron chi connectivity index (χ3n) is 6.07. The number of aromatic carboxylic acids is 1. The average molecular weight is 504 g/mol. The molecular formula is C27H25N3O5S. The molecule has 8 nitrogen and oxygen atoms in total. The number of carboxylic acid groups (broad SMARTS) is 1. The molecule has 0 aliphatic carbocycles. The number of ether oxygens (including phenoxy) is 3. The third-order valence-corrected chi connectivity index (χ3v) is 6.63. The van der Waals surface area contributed by atoms with E-state index in [2.05, 4.69) is 8.75 Å². The Morgan fingerprint density at radius 3 is 2.53 bits per heavy atom. The van der Waals surface area contributed by atoms with Crippen LogP contribution < -0.4 is 14.2 Å². The van der Waals surface area contributed by atoms with Gasteiger partial charge in [0, 0.05) is 22.0 Å². The molecule has 184 valence electrons. The first-order valence-electron chi connectivity index (χ1n) is 11.5. The van der Waals surface area contributed by atoms with Gasteiger partial charge in [-0.25, -0.2) is 4.79 Å². The summed E-state index contributed by atoms with van der Waals surface area (Å²) in [6.45, 7) is 2.89. The maximum absolute atomic E-state index is 12.8. The van der Waals surface area contributed by atoms with Gasteiger partial charge in [0.2, 0.25) is 0 Å². The molecule has 3 aromatic carbocycles. The molecular weight excluding hydrogens is 478 g/mol. The summed E-state index contributed by atoms with van der Waals surface area (Å²) in [5, 5.41) is 11.2. The van der Waals surface area contributed by atoms with Crippen LogP contribution in [-0.2, 0) is 6.54 Å². The predicted octanol–water partition coefficient (Wildman–Crippen LogP) is 5.87. The molecule has 0 aliphatic rings. The lowest BCUT2D eigenvalue weighted by molar-refractivity contribution is 0.0687. The van der Waals surface area contributed by atoms with E-state index in [1.165, 1.54) is 0 Å². The summed E-state index contributed by atoms with van der Waals surface area (Å²) in [5.41, 5.74) is 4.60. The second-order valence-corrected chi connectivity index (χ2v) is 8.82. The Hall–Kier alpha value is -4.11. The first-order chi connectivity index (χ1) is 17.5. The number of aromatic nitrogens is 3. The van der Waals surface area contributed by atoms with Crippen molar-refractivity contribution in [3.63, 3.8) is 0 Å². The zero-order chi connectivity index (χ0) is 25.2. The molecule has 36 heavy (non-hydrogen) atoms. The Balaban J connectivity index is 1.78. The number of methoxy groups -OCH3 is 2. The van der Waals surface area contributed by atoms with E-state index < -0.39 is 5.97 Å². The normalized spacial score (nSPS) is 11.2. The van der Waals surface area contributed by atoms with Crippen molar-refractivity contribution < 1.29 is 24.1 Å². The van der Waals surface area contributed by atoms with Crippen LogP contribution in [0.3, 0.4) is 0 Å². The second kappa shape index (κ2) is 9.87. The summed E-state index contributed by atoms with van der Waals surface area (Å²) in [4.78, 5) is 12.8. The third kappa shape index (κ3) is 4.22. The van der Waals surface area contributed by atoms with Gasteiger partial charge in [0.1, 0.15) is 34.0 Å². The predicted molar refractivity (Wildman–Crippen MR) is 140 cm³/mol. The Morgan fingerprint density at radius 1 is 0.972 bits per heavy atom. The van der Waals surface area contributed by atoms with Gasteiger partial charge in [-0.15, -0.1) is 0 Å². The van der Waals surface area contributed by atoms with Crippen molar-refractivity contribution >= 4 is 39.6 Å². The summed E-state index contributed by atoms with van der Waals surface area (Å²) in [7, 11) is 3.19. The average Bonchev–Trinajstić information content (AvgIpc) is 3.49. The number of hydrogen-bond acceptors (Lipinski definition) is 7. The minimum absolute atomic E-state index is 0.171. The zero-order valence-electron chi connectivity index (χ0n) is 20.1. The summed E-state index contributed by atoms with van der Waals surface area (Å²) >= 11 is 1.13. The smallest absolute Gasteiger partial charge is 0.353 e. The van der Waals surface area contributed by atoms with E-state index in [0.717, 1.165) is 51.2 Å². The fraction of sp³-hybridized carbons (Fsp3) is 0.222. The monoisotopic (exact) mass is 503 g/mol. The van der Waals surface area contributed by atoms with Gasteiger partial charge in [-0.3, -0.25) is 0 Å². The largest absolute Gasteiger partial charge is 0.497 e. The van der Waals surface area contributed by atoms with E-state index in [0.29, 0.717) is 29.4 Å². The number of benzene rings is 3. The van der Waals surface area contributed by atoms with Crippen LogP contribution in [0.5, 0.6) is 17.2 Å². The number of nitrogens with zero attached hydrogens (tertiary/aromatic N) is 3. The number of rotatable bonds is 9. The van der Waals surface area contributed by atoms with E-state index in [4.69, 9.17) is 14.2 Å². The Bertz CT molecular complexity index is 1570. The van der Waals surface area contributed by atoms with Crippen molar-refractivity contribution in [3.05, 3.63) is 65.9 Å². The number of fused-ring (bicyclic) bond motifs is 2. The number of carbonyl (C=O) groups is 1. The fourth-order valence-corrected chi connectivity index (χ4v) is 4.95. The second-order valence-electron chi connectivity index (χ2n) is 8.29. The maximum atomic E-state index is 12.8. The molecule has 0 amide bonds. The lowest BCUT2D eigenvalue weighted by Crippen LogP contribution is -2.11. The van der Waals surface area contributed by atoms with Gasteiger partial charge in [0.15, 0.2) is 0 Å². The molecule has 0 atom stereocenters. The van der Waals surface area contributed by atoms with Crippen LogP contribution >= 0.6 is 11.7 Å². The minimum atomic E-state index is -1.03. The first kappa shape index (κ1) is 23.6. The van der Waals surface area contributed by atoms with Gasteiger partial charge in [0.05, 0.1) is 39.1 Å². The molecule has 0 spiro atoms. The van der Waals surface area contributed by atoms with Gasteiger partial charge in [-0.2, -0.15) is 8.75 Å². The summed E-state index contributed by atoms with van der Waals surface area (Å²) in [6.07, 6.45) is 0.870. The lowest BCUT2D eigenvalue weighted by atomic mass is 10.0. The van der Waals surface area contributed by atoms with Gasteiger partial charge in [0.25, 0.3) is 0 Å². The van der Waals surface area contributed by atoms with E-state index in [1.807, 2.05) is 61.5 Å². The van der Waals surface area contributed by atoms with Crippen LogP contribution in [0, 0.1) is 0 Å². The molecule has 2 aromatic heterocycles. The van der Waals surface area contributed by atoms with Crippen molar-refractivity contribution in [3.8, 4) is 28.4 Å². The molecule has 0 bridgehead atoms. The molecule has 0 aliphatic heterocycles. The van der Waals surface area contributed by atoms with Gasteiger partial charge < -0.3 is 23.9 Å². The van der Waals surface area contributed by atoms with Crippen LogP contribution in [0.15, 0.2) is 54.6 Å². The van der Waals surface area contributed by atoms with Crippen molar-refractivity contribution in [1.29, 1.82) is 0 Å². The Morgan fingerprint density at radius 2 is 1.78 bits per heavy atom. The number of carboxylic acids is 1. The SMILES string of the molecule is CCCOc1ccc2c(c1)c(-c1ccc3nsnc3c1)c(C(=O)O)n2Cc1cc(OC)ccc1OC. The van der Waals surface area contributed by atoms with Crippen LogP contribution in [-0.4, -0.2) is 45.2 Å². The quantitative estimate of drug-likeness (QED) is 0.269. The Labute approximate surface area is 212 Å². The molecule has 2 heterocycles. The Kier molecular flexibility index (Phi) is 6.47. The molecule has 0 saturated carbocycles. The highest BCUT2D eigenvalue weighted by Gasteiger charge is 2.25. The standard InChI is InChI=1S/C27H25N3O5S/c1-4-11-35-19-6-9-23-20(14-19)25(16-5-8-21-22(13-16)29-36-28-21)26(27(31)32)30(23)15-17-12-18(33-2)7-10-24(17)34-3/h5-10,12-14H,4,11,15H2,1-3H3,(H,31,32). The topological polar surface area (TPSA) is 95.7 Å². The molecule has 5 rings (SSSR count). The molecule has 9 heteroatoms. The van der Waals surface area contributed by atoms with Crippen molar-refractivity contribution in [2.75, 3.05) is 20.8 Å². The lowest BCUT2D eigenvalue weighted by Gasteiger charge is -2.14. The molecule has 0 saturated heterocycles. The maximum Gasteiger partial charge on any atom is 0.353 e. The molecule has 5 aromatic rings. The van der Waals surface area contributed by atoms with E-state index >= 15 is 0 Å². The van der Waals surface area contributed by atoms with Crippen LogP contribution in [0.2, 0.25) is 0 Å². The van der Waals surface area contributed by atoms with E-state index in [9.17, 15) is 9.90 Å². The van der Waals surface area contributed by atoms with E-state index in [-0.39, 0.29) is 12.2 Å². The summed E-state index contributed by atoms with van der Waals surface area (Å²) < 4.78 is 27.3. The fourth-order valence-electron chi connectivity index (χ4n) is 4.44. The first-order valence-corrected chi connectivity index (χ1v) is 12.2. The highest BCUT2D eigenvalue weighted by atomic mass is 32.1. The van der Waals surface area contributed by atoms with Gasteiger partial charge >= 0.3 is 5.97 Å². The number of hydrogen-bond donors (Lipinski definition) is 1. The highest BCUT2D eigenvalue weighted by molar-refractivity contribution is 7.00. The van der Waals surface area contributed by atoms with Crippen LogP contribution in [0.25, 0.3) is 33.1 Å². The van der Waals surface area contributed by atoms with Crippen molar-refractivity contribution in [2.45, 2.75) is 19.9 Å². The molecule has 0 unspecified atom stereocenters. The molecule has 0 radical (unpaired) electrons. The molecule has 0 fully saturated rings. The minimum Gasteiger partial charge on any atom is -0.497 e. The van der Waals surface area contributed by atoms with Crippen molar-refractivity contribution in [1.82, 2.24) is 13.3 Å². The summed E-state index contributed by atoms with van der Waals surface area (Å²) in [6, 6.07) is 16.8. The van der Waals surface area contributed by atoms with E-state index in [1.54, 1.807) is 18.8 Å². The van der Waals surface area contributed by atoms with Crippen LogP contribution in [0.1, 0.15) is 29.4 Å². The van der Waals surface area contributed by atoms with Crippen molar-refractivity contribution in [2.24, 2.45) is 0 Å². The van der Waals surface area contributed by atoms with Crippen LogP contribution in [0.4, 0.5) is 0 Å².